The lowest BCUT2D eigenvalue weighted by Gasteiger charge is -2.24. The van der Waals surface area contributed by atoms with Crippen LogP contribution in [0.2, 0.25) is 0 Å². The maximum absolute atomic E-state index is 5.93. The van der Waals surface area contributed by atoms with E-state index in [0.717, 1.165) is 43.9 Å². The molecular weight excluding hydrogens is 262 g/mol. The van der Waals surface area contributed by atoms with Crippen molar-refractivity contribution in [3.8, 4) is 11.5 Å². The quantitative estimate of drug-likeness (QED) is 0.661. The van der Waals surface area contributed by atoms with E-state index in [0.29, 0.717) is 18.6 Å². The van der Waals surface area contributed by atoms with E-state index in [2.05, 4.69) is 33.0 Å². The number of hydrogen-bond donors (Lipinski definition) is 1. The van der Waals surface area contributed by atoms with Crippen molar-refractivity contribution in [2.75, 3.05) is 19.8 Å². The number of rotatable bonds is 11. The van der Waals surface area contributed by atoms with Crippen molar-refractivity contribution >= 4 is 0 Å². The van der Waals surface area contributed by atoms with E-state index in [1.54, 1.807) is 0 Å². The molecule has 1 aromatic rings. The number of benzene rings is 1. The Hall–Kier alpha value is -1.22. The van der Waals surface area contributed by atoms with Gasteiger partial charge in [0.1, 0.15) is 18.1 Å². The van der Waals surface area contributed by atoms with Crippen LogP contribution in [0.3, 0.4) is 0 Å². The van der Waals surface area contributed by atoms with E-state index in [1.165, 1.54) is 0 Å². The molecule has 0 aliphatic heterocycles. The second kappa shape index (κ2) is 10.5. The third kappa shape index (κ3) is 6.85. The van der Waals surface area contributed by atoms with Gasteiger partial charge in [0.15, 0.2) is 0 Å². The Morgan fingerprint density at radius 3 is 2.10 bits per heavy atom. The van der Waals surface area contributed by atoms with Crippen molar-refractivity contribution in [2.45, 2.75) is 53.0 Å². The molecule has 0 bridgehead atoms. The van der Waals surface area contributed by atoms with Gasteiger partial charge in [-0.2, -0.15) is 0 Å². The molecule has 0 amide bonds. The summed E-state index contributed by atoms with van der Waals surface area (Å²) in [5.74, 6) is 2.43. The first-order valence-electron chi connectivity index (χ1n) is 8.30. The van der Waals surface area contributed by atoms with E-state index in [-0.39, 0.29) is 0 Å². The van der Waals surface area contributed by atoms with Crippen LogP contribution in [-0.4, -0.2) is 25.8 Å². The topological polar surface area (TPSA) is 30.5 Å². The summed E-state index contributed by atoms with van der Waals surface area (Å²) in [6.07, 6.45) is 3.34. The Balaban J connectivity index is 2.46. The van der Waals surface area contributed by atoms with Crippen molar-refractivity contribution in [3.05, 3.63) is 24.3 Å². The van der Waals surface area contributed by atoms with Crippen LogP contribution in [0.25, 0.3) is 0 Å². The van der Waals surface area contributed by atoms with Crippen molar-refractivity contribution in [1.29, 1.82) is 0 Å². The van der Waals surface area contributed by atoms with Crippen molar-refractivity contribution in [3.63, 3.8) is 0 Å². The van der Waals surface area contributed by atoms with Gasteiger partial charge in [-0.1, -0.05) is 34.1 Å². The third-order valence-electron chi connectivity index (χ3n) is 3.71. The highest BCUT2D eigenvalue weighted by atomic mass is 16.5. The van der Waals surface area contributed by atoms with Gasteiger partial charge in [0, 0.05) is 6.04 Å². The molecule has 0 heterocycles. The van der Waals surface area contributed by atoms with Crippen molar-refractivity contribution in [1.82, 2.24) is 5.32 Å². The summed E-state index contributed by atoms with van der Waals surface area (Å²) in [5, 5.41) is 3.58. The maximum atomic E-state index is 5.93. The standard InChI is InChI=1S/C18H31NO2/c1-5-12-19-18(15(4)7-3)14-21-17-10-8-16(9-11-17)20-13-6-2/h8-11,15,18-19H,5-7,12-14H2,1-4H3. The molecule has 0 saturated heterocycles. The van der Waals surface area contributed by atoms with Crippen LogP contribution in [0, 0.1) is 5.92 Å². The zero-order valence-electron chi connectivity index (χ0n) is 14.0. The minimum Gasteiger partial charge on any atom is -0.494 e. The molecule has 0 aliphatic rings. The van der Waals surface area contributed by atoms with E-state index in [4.69, 9.17) is 9.47 Å². The van der Waals surface area contributed by atoms with Gasteiger partial charge in [-0.3, -0.25) is 0 Å². The van der Waals surface area contributed by atoms with Gasteiger partial charge in [-0.15, -0.1) is 0 Å². The average Bonchev–Trinajstić information content (AvgIpc) is 2.53. The minimum absolute atomic E-state index is 0.408. The Labute approximate surface area is 130 Å². The molecule has 0 aliphatic carbocycles. The normalized spacial score (nSPS) is 13.7. The first kappa shape index (κ1) is 17.8. The van der Waals surface area contributed by atoms with E-state index in [1.807, 2.05) is 24.3 Å². The lowest BCUT2D eigenvalue weighted by molar-refractivity contribution is 0.220. The first-order chi connectivity index (χ1) is 10.2. The maximum Gasteiger partial charge on any atom is 0.119 e. The van der Waals surface area contributed by atoms with Crippen molar-refractivity contribution in [2.24, 2.45) is 5.92 Å². The van der Waals surface area contributed by atoms with E-state index >= 15 is 0 Å². The smallest absolute Gasteiger partial charge is 0.119 e. The van der Waals surface area contributed by atoms with Gasteiger partial charge in [-0.25, -0.2) is 0 Å². The zero-order valence-corrected chi connectivity index (χ0v) is 14.0. The van der Waals surface area contributed by atoms with Crippen LogP contribution < -0.4 is 14.8 Å². The van der Waals surface area contributed by atoms with Crippen LogP contribution in [0.15, 0.2) is 24.3 Å². The molecule has 0 saturated carbocycles. The number of nitrogens with one attached hydrogen (secondary N) is 1. The highest BCUT2D eigenvalue weighted by molar-refractivity contribution is 5.31. The fourth-order valence-corrected chi connectivity index (χ4v) is 2.08. The van der Waals surface area contributed by atoms with E-state index in [9.17, 15) is 0 Å². The molecule has 1 rings (SSSR count). The second-order valence-electron chi connectivity index (χ2n) is 5.58. The molecule has 21 heavy (non-hydrogen) atoms. The highest BCUT2D eigenvalue weighted by Gasteiger charge is 2.15. The molecule has 2 unspecified atom stereocenters. The van der Waals surface area contributed by atoms with Gasteiger partial charge in [0.2, 0.25) is 0 Å². The Kier molecular flexibility index (Phi) is 8.91. The van der Waals surface area contributed by atoms with Gasteiger partial charge in [-0.05, 0) is 49.6 Å². The fraction of sp³-hybridized carbons (Fsp3) is 0.667. The molecule has 0 radical (unpaired) electrons. The van der Waals surface area contributed by atoms with Crippen LogP contribution in [0.1, 0.15) is 47.0 Å². The monoisotopic (exact) mass is 293 g/mol. The predicted octanol–water partition coefficient (Wildman–Crippen LogP) is 4.27. The summed E-state index contributed by atoms with van der Waals surface area (Å²) < 4.78 is 11.5. The molecule has 120 valence electrons. The molecular formula is C18H31NO2. The SMILES string of the molecule is CCCNC(COc1ccc(OCCC)cc1)C(C)CC. The number of hydrogen-bond acceptors (Lipinski definition) is 3. The fourth-order valence-electron chi connectivity index (χ4n) is 2.08. The van der Waals surface area contributed by atoms with Crippen LogP contribution in [-0.2, 0) is 0 Å². The minimum atomic E-state index is 0.408. The molecule has 0 aromatic heterocycles. The summed E-state index contributed by atoms with van der Waals surface area (Å²) >= 11 is 0. The van der Waals surface area contributed by atoms with Gasteiger partial charge < -0.3 is 14.8 Å². The van der Waals surface area contributed by atoms with Crippen LogP contribution in [0.5, 0.6) is 11.5 Å². The summed E-state index contributed by atoms with van der Waals surface area (Å²) in [7, 11) is 0. The first-order valence-corrected chi connectivity index (χ1v) is 8.30. The Bertz CT molecular complexity index is 364. The molecule has 0 fully saturated rings. The molecule has 0 spiro atoms. The molecule has 1 aromatic carbocycles. The lowest BCUT2D eigenvalue weighted by atomic mass is 10.00. The largest absolute Gasteiger partial charge is 0.494 e. The Morgan fingerprint density at radius 1 is 0.952 bits per heavy atom. The van der Waals surface area contributed by atoms with Gasteiger partial charge in [0.25, 0.3) is 0 Å². The number of ether oxygens (including phenoxy) is 2. The highest BCUT2D eigenvalue weighted by Crippen LogP contribution is 2.19. The molecule has 3 heteroatoms. The summed E-state index contributed by atoms with van der Waals surface area (Å²) in [6.45, 7) is 11.3. The molecule has 2 atom stereocenters. The summed E-state index contributed by atoms with van der Waals surface area (Å²) in [6, 6.07) is 8.33. The Morgan fingerprint density at radius 2 is 1.57 bits per heavy atom. The molecule has 1 N–H and O–H groups in total. The molecule has 3 nitrogen and oxygen atoms in total. The van der Waals surface area contributed by atoms with Crippen LogP contribution >= 0.6 is 0 Å². The van der Waals surface area contributed by atoms with Gasteiger partial charge >= 0.3 is 0 Å². The lowest BCUT2D eigenvalue weighted by Crippen LogP contribution is -2.40. The van der Waals surface area contributed by atoms with Gasteiger partial charge in [0.05, 0.1) is 6.61 Å². The average molecular weight is 293 g/mol. The van der Waals surface area contributed by atoms with Crippen LogP contribution in [0.4, 0.5) is 0 Å². The summed E-state index contributed by atoms with van der Waals surface area (Å²) in [5.41, 5.74) is 0. The third-order valence-corrected chi connectivity index (χ3v) is 3.71. The predicted molar refractivity (Wildman–Crippen MR) is 89.3 cm³/mol. The van der Waals surface area contributed by atoms with Crippen molar-refractivity contribution < 1.29 is 9.47 Å². The zero-order chi connectivity index (χ0) is 15.5. The second-order valence-corrected chi connectivity index (χ2v) is 5.58. The van der Waals surface area contributed by atoms with E-state index < -0.39 is 0 Å². The summed E-state index contributed by atoms with van der Waals surface area (Å²) in [4.78, 5) is 0.